The van der Waals surface area contributed by atoms with Crippen molar-refractivity contribution in [3.05, 3.63) is 33.0 Å². The Kier molecular flexibility index (Phi) is 7.34. The summed E-state index contributed by atoms with van der Waals surface area (Å²) in [5, 5.41) is 0. The molecule has 0 spiro atoms. The number of hydrogen-bond donors (Lipinski definition) is 0. The standard InChI is InChI=1S/C16H20INO5/c1-6-23-16(20)11(9-18(2)3)15(19)10-7-12(17)14(22-5)8-13(10)21-4/h7-9H,6H2,1-5H3/b11-9-. The fourth-order valence-electron chi connectivity index (χ4n) is 1.85. The van der Waals surface area contributed by atoms with Crippen molar-refractivity contribution in [1.29, 1.82) is 0 Å². The van der Waals surface area contributed by atoms with Crippen LogP contribution in [-0.4, -0.2) is 51.6 Å². The highest BCUT2D eigenvalue weighted by atomic mass is 127. The van der Waals surface area contributed by atoms with Crippen LogP contribution in [0.4, 0.5) is 0 Å². The largest absolute Gasteiger partial charge is 0.496 e. The van der Waals surface area contributed by atoms with Crippen molar-refractivity contribution in [2.45, 2.75) is 6.92 Å². The molecule has 0 heterocycles. The monoisotopic (exact) mass is 433 g/mol. The average Bonchev–Trinajstić information content (AvgIpc) is 2.51. The van der Waals surface area contributed by atoms with Crippen LogP contribution in [0.1, 0.15) is 17.3 Å². The minimum Gasteiger partial charge on any atom is -0.496 e. The Morgan fingerprint density at radius 3 is 2.26 bits per heavy atom. The molecule has 0 aliphatic rings. The number of rotatable bonds is 7. The van der Waals surface area contributed by atoms with Gasteiger partial charge in [0.05, 0.1) is 30.0 Å². The normalized spacial score (nSPS) is 11.0. The summed E-state index contributed by atoms with van der Waals surface area (Å²) in [7, 11) is 6.44. The lowest BCUT2D eigenvalue weighted by Crippen LogP contribution is -2.20. The molecule has 1 aromatic carbocycles. The number of methoxy groups -OCH3 is 2. The van der Waals surface area contributed by atoms with Crippen LogP contribution in [0.3, 0.4) is 0 Å². The molecule has 0 radical (unpaired) electrons. The highest BCUT2D eigenvalue weighted by molar-refractivity contribution is 14.1. The molecule has 0 saturated carbocycles. The lowest BCUT2D eigenvalue weighted by atomic mass is 10.0. The Morgan fingerprint density at radius 1 is 1.17 bits per heavy atom. The minimum atomic E-state index is -0.668. The Balaban J connectivity index is 3.39. The van der Waals surface area contributed by atoms with Gasteiger partial charge in [-0.2, -0.15) is 0 Å². The number of ketones is 1. The quantitative estimate of drug-likeness (QED) is 0.165. The number of nitrogens with zero attached hydrogens (tertiary/aromatic N) is 1. The van der Waals surface area contributed by atoms with Crippen LogP contribution >= 0.6 is 22.6 Å². The Labute approximate surface area is 149 Å². The van der Waals surface area contributed by atoms with E-state index >= 15 is 0 Å². The van der Waals surface area contributed by atoms with Gasteiger partial charge in [-0.05, 0) is 35.6 Å². The molecule has 0 atom stereocenters. The smallest absolute Gasteiger partial charge is 0.343 e. The minimum absolute atomic E-state index is 0.0592. The van der Waals surface area contributed by atoms with Crippen LogP contribution in [0.5, 0.6) is 11.5 Å². The number of ether oxygens (including phenoxy) is 3. The molecule has 0 aliphatic heterocycles. The maximum absolute atomic E-state index is 12.8. The van der Waals surface area contributed by atoms with Gasteiger partial charge in [-0.3, -0.25) is 4.79 Å². The molecule has 1 aromatic rings. The van der Waals surface area contributed by atoms with Crippen LogP contribution < -0.4 is 9.47 Å². The predicted molar refractivity (Wildman–Crippen MR) is 95.0 cm³/mol. The molecule has 0 aliphatic carbocycles. The first-order valence-electron chi connectivity index (χ1n) is 6.87. The van der Waals surface area contributed by atoms with E-state index in [9.17, 15) is 9.59 Å². The lowest BCUT2D eigenvalue weighted by Gasteiger charge is -2.14. The SMILES string of the molecule is CCOC(=O)/C(=C\N(C)C)C(=O)c1cc(I)c(OC)cc1OC. The van der Waals surface area contributed by atoms with Crippen LogP contribution in [-0.2, 0) is 9.53 Å². The van der Waals surface area contributed by atoms with E-state index in [0.717, 1.165) is 3.57 Å². The predicted octanol–water partition coefficient (Wildman–Crippen LogP) is 2.50. The van der Waals surface area contributed by atoms with Gasteiger partial charge in [0.25, 0.3) is 0 Å². The molecule has 0 saturated heterocycles. The fourth-order valence-corrected chi connectivity index (χ4v) is 2.54. The van der Waals surface area contributed by atoms with Crippen molar-refractivity contribution in [3.8, 4) is 11.5 Å². The van der Waals surface area contributed by atoms with Crippen molar-refractivity contribution in [1.82, 2.24) is 4.90 Å². The summed E-state index contributed by atoms with van der Waals surface area (Å²) in [6, 6.07) is 3.25. The summed E-state index contributed by atoms with van der Waals surface area (Å²) in [5.74, 6) is -0.205. The summed E-state index contributed by atoms with van der Waals surface area (Å²) < 4.78 is 16.2. The zero-order chi connectivity index (χ0) is 17.6. The number of benzene rings is 1. The van der Waals surface area contributed by atoms with Gasteiger partial charge in [-0.25, -0.2) is 4.79 Å². The maximum Gasteiger partial charge on any atom is 0.343 e. The fraction of sp³-hybridized carbons (Fsp3) is 0.375. The molecule has 0 unspecified atom stereocenters. The molecule has 6 nitrogen and oxygen atoms in total. The zero-order valence-electron chi connectivity index (χ0n) is 13.8. The van der Waals surface area contributed by atoms with E-state index in [0.29, 0.717) is 11.5 Å². The molecule has 0 bridgehead atoms. The van der Waals surface area contributed by atoms with Gasteiger partial charge in [0, 0.05) is 26.4 Å². The summed E-state index contributed by atoms with van der Waals surface area (Å²) in [6.45, 7) is 1.88. The van der Waals surface area contributed by atoms with Gasteiger partial charge in [0.1, 0.15) is 17.1 Å². The second-order valence-corrected chi connectivity index (χ2v) is 5.91. The van der Waals surface area contributed by atoms with Crippen molar-refractivity contribution >= 4 is 34.3 Å². The number of carbonyl (C=O) groups is 2. The summed E-state index contributed by atoms with van der Waals surface area (Å²) in [5.41, 5.74) is 0.218. The first kappa shape index (κ1) is 19.3. The molecule has 0 fully saturated rings. The van der Waals surface area contributed by atoms with Crippen LogP contribution in [0, 0.1) is 3.57 Å². The van der Waals surface area contributed by atoms with E-state index in [1.807, 2.05) is 0 Å². The van der Waals surface area contributed by atoms with E-state index in [-0.39, 0.29) is 17.7 Å². The van der Waals surface area contributed by atoms with Crippen molar-refractivity contribution in [2.75, 3.05) is 34.9 Å². The third-order valence-electron chi connectivity index (χ3n) is 2.85. The Hall–Kier alpha value is -1.77. The third kappa shape index (κ3) is 4.85. The lowest BCUT2D eigenvalue weighted by molar-refractivity contribution is -0.138. The van der Waals surface area contributed by atoms with Gasteiger partial charge in [0.15, 0.2) is 0 Å². The second-order valence-electron chi connectivity index (χ2n) is 4.74. The Bertz CT molecular complexity index is 625. The number of halogens is 1. The molecule has 1 rings (SSSR count). The number of esters is 1. The van der Waals surface area contributed by atoms with Crippen molar-refractivity contribution in [3.63, 3.8) is 0 Å². The topological polar surface area (TPSA) is 65.1 Å². The third-order valence-corrected chi connectivity index (χ3v) is 3.69. The molecule has 126 valence electrons. The first-order chi connectivity index (χ1) is 10.8. The van der Waals surface area contributed by atoms with Gasteiger partial charge >= 0.3 is 5.97 Å². The molecule has 23 heavy (non-hydrogen) atoms. The van der Waals surface area contributed by atoms with Gasteiger partial charge in [-0.1, -0.05) is 0 Å². The zero-order valence-corrected chi connectivity index (χ0v) is 16.0. The summed E-state index contributed by atoms with van der Waals surface area (Å²) in [4.78, 5) is 26.5. The molecule has 0 N–H and O–H groups in total. The average molecular weight is 433 g/mol. The first-order valence-corrected chi connectivity index (χ1v) is 7.95. The van der Waals surface area contributed by atoms with E-state index in [2.05, 4.69) is 22.6 Å². The number of Topliss-reactive ketones (excluding diaryl/α,β-unsaturated/α-hetero) is 1. The number of hydrogen-bond acceptors (Lipinski definition) is 6. The van der Waals surface area contributed by atoms with E-state index in [1.54, 1.807) is 38.1 Å². The van der Waals surface area contributed by atoms with Crippen LogP contribution in [0.15, 0.2) is 23.9 Å². The van der Waals surface area contributed by atoms with Crippen LogP contribution in [0.2, 0.25) is 0 Å². The molecule has 0 amide bonds. The van der Waals surface area contributed by atoms with Crippen molar-refractivity contribution < 1.29 is 23.8 Å². The highest BCUT2D eigenvalue weighted by Crippen LogP contribution is 2.31. The molecule has 0 aromatic heterocycles. The van der Waals surface area contributed by atoms with E-state index < -0.39 is 11.8 Å². The molecular formula is C16H20INO5. The maximum atomic E-state index is 12.8. The second kappa shape index (κ2) is 8.76. The summed E-state index contributed by atoms with van der Waals surface area (Å²) in [6.07, 6.45) is 1.44. The summed E-state index contributed by atoms with van der Waals surface area (Å²) >= 11 is 2.06. The van der Waals surface area contributed by atoms with E-state index in [1.165, 1.54) is 20.4 Å². The molecular weight excluding hydrogens is 413 g/mol. The molecule has 7 heteroatoms. The van der Waals surface area contributed by atoms with Gasteiger partial charge < -0.3 is 19.1 Å². The van der Waals surface area contributed by atoms with Crippen molar-refractivity contribution in [2.24, 2.45) is 0 Å². The van der Waals surface area contributed by atoms with Gasteiger partial charge in [0.2, 0.25) is 5.78 Å². The van der Waals surface area contributed by atoms with Crippen LogP contribution in [0.25, 0.3) is 0 Å². The Morgan fingerprint density at radius 2 is 1.78 bits per heavy atom. The van der Waals surface area contributed by atoms with E-state index in [4.69, 9.17) is 14.2 Å². The van der Waals surface area contributed by atoms with Gasteiger partial charge in [-0.15, -0.1) is 0 Å². The number of carbonyl (C=O) groups excluding carboxylic acids is 2. The highest BCUT2D eigenvalue weighted by Gasteiger charge is 2.25.